The summed E-state index contributed by atoms with van der Waals surface area (Å²) in [7, 11) is 0. The van der Waals surface area contributed by atoms with E-state index < -0.39 is 0 Å². The second kappa shape index (κ2) is 8.94. The van der Waals surface area contributed by atoms with Crippen LogP contribution in [0.15, 0.2) is 30.3 Å². The Morgan fingerprint density at radius 3 is 2.21 bits per heavy atom. The second-order valence-corrected chi connectivity index (χ2v) is 6.72. The molecule has 0 unspecified atom stereocenters. The number of hydrogen-bond acceptors (Lipinski definition) is 4. The maximum absolute atomic E-state index is 11.8. The summed E-state index contributed by atoms with van der Waals surface area (Å²) in [5.74, 6) is 0.848. The largest absolute Gasteiger partial charge is 0.396 e. The lowest BCUT2D eigenvalue weighted by Crippen LogP contribution is -2.28. The molecular weight excluding hydrogens is 306 g/mol. The SMILES string of the molecule is C[C@H](c1ccccc1)N1C[C@H](CO)CC1=O.O=C1CC[C@H](CO)C1. The molecule has 132 valence electrons. The molecule has 0 bridgehead atoms. The van der Waals surface area contributed by atoms with Crippen molar-refractivity contribution in [3.63, 3.8) is 0 Å². The van der Waals surface area contributed by atoms with Crippen molar-refractivity contribution in [2.75, 3.05) is 19.8 Å². The van der Waals surface area contributed by atoms with Crippen molar-refractivity contribution >= 4 is 11.7 Å². The molecule has 5 nitrogen and oxygen atoms in total. The van der Waals surface area contributed by atoms with Crippen LogP contribution in [0, 0.1) is 11.8 Å². The highest BCUT2D eigenvalue weighted by Gasteiger charge is 2.32. The van der Waals surface area contributed by atoms with Crippen LogP contribution in [0.1, 0.15) is 44.2 Å². The minimum atomic E-state index is 0.101. The van der Waals surface area contributed by atoms with Crippen LogP contribution in [0.3, 0.4) is 0 Å². The molecule has 1 amide bonds. The molecule has 3 rings (SSSR count). The molecule has 5 heteroatoms. The van der Waals surface area contributed by atoms with Gasteiger partial charge in [0.25, 0.3) is 0 Å². The average Bonchev–Trinajstić information content (AvgIpc) is 3.21. The summed E-state index contributed by atoms with van der Waals surface area (Å²) in [6.45, 7) is 2.99. The van der Waals surface area contributed by atoms with E-state index in [2.05, 4.69) is 0 Å². The Morgan fingerprint density at radius 2 is 1.75 bits per heavy atom. The highest BCUT2D eigenvalue weighted by Crippen LogP contribution is 2.27. The molecular formula is C19H27NO4. The minimum Gasteiger partial charge on any atom is -0.396 e. The van der Waals surface area contributed by atoms with E-state index in [1.165, 1.54) is 0 Å². The van der Waals surface area contributed by atoms with Crippen LogP contribution in [0.2, 0.25) is 0 Å². The van der Waals surface area contributed by atoms with E-state index in [4.69, 9.17) is 10.2 Å². The van der Waals surface area contributed by atoms with Crippen molar-refractivity contribution in [2.24, 2.45) is 11.8 Å². The lowest BCUT2D eigenvalue weighted by Gasteiger charge is -2.25. The van der Waals surface area contributed by atoms with Gasteiger partial charge in [-0.25, -0.2) is 0 Å². The molecule has 1 aromatic carbocycles. The summed E-state index contributed by atoms with van der Waals surface area (Å²) in [5.41, 5.74) is 1.15. The third-order valence-corrected chi connectivity index (χ3v) is 4.85. The first-order chi connectivity index (χ1) is 11.5. The second-order valence-electron chi connectivity index (χ2n) is 6.72. The van der Waals surface area contributed by atoms with Crippen molar-refractivity contribution < 1.29 is 19.8 Å². The first-order valence-corrected chi connectivity index (χ1v) is 8.63. The van der Waals surface area contributed by atoms with Crippen LogP contribution < -0.4 is 0 Å². The zero-order valence-electron chi connectivity index (χ0n) is 14.2. The number of nitrogens with zero attached hydrogens (tertiary/aromatic N) is 1. The van der Waals surface area contributed by atoms with Gasteiger partial charge in [0.15, 0.2) is 0 Å². The maximum atomic E-state index is 11.8. The van der Waals surface area contributed by atoms with Crippen molar-refractivity contribution in [3.05, 3.63) is 35.9 Å². The van der Waals surface area contributed by atoms with Gasteiger partial charge in [0, 0.05) is 44.9 Å². The smallest absolute Gasteiger partial charge is 0.223 e. The van der Waals surface area contributed by atoms with Crippen LogP contribution in [-0.4, -0.2) is 46.6 Å². The molecule has 1 aliphatic heterocycles. The number of aliphatic hydroxyl groups excluding tert-OH is 2. The van der Waals surface area contributed by atoms with Gasteiger partial charge in [0.1, 0.15) is 5.78 Å². The van der Waals surface area contributed by atoms with E-state index in [0.29, 0.717) is 31.6 Å². The molecule has 24 heavy (non-hydrogen) atoms. The summed E-state index contributed by atoms with van der Waals surface area (Å²) in [4.78, 5) is 24.1. The van der Waals surface area contributed by atoms with Gasteiger partial charge in [-0.3, -0.25) is 9.59 Å². The van der Waals surface area contributed by atoms with Crippen LogP contribution in [-0.2, 0) is 9.59 Å². The fourth-order valence-electron chi connectivity index (χ4n) is 3.26. The maximum Gasteiger partial charge on any atom is 0.223 e. The first kappa shape index (κ1) is 18.6. The third-order valence-electron chi connectivity index (χ3n) is 4.85. The molecule has 2 aliphatic rings. The average molecular weight is 333 g/mol. The van der Waals surface area contributed by atoms with Crippen LogP contribution in [0.5, 0.6) is 0 Å². The number of benzene rings is 1. The van der Waals surface area contributed by atoms with Gasteiger partial charge in [0.2, 0.25) is 5.91 Å². The lowest BCUT2D eigenvalue weighted by atomic mass is 10.1. The lowest BCUT2D eigenvalue weighted by molar-refractivity contribution is -0.129. The van der Waals surface area contributed by atoms with Gasteiger partial charge in [-0.05, 0) is 24.8 Å². The summed E-state index contributed by atoms with van der Waals surface area (Å²) in [6.07, 6.45) is 2.67. The van der Waals surface area contributed by atoms with E-state index in [0.717, 1.165) is 12.0 Å². The third kappa shape index (κ3) is 4.89. The molecule has 1 aromatic rings. The molecule has 2 fully saturated rings. The number of ketones is 1. The molecule has 1 aliphatic carbocycles. The van der Waals surface area contributed by atoms with Gasteiger partial charge in [-0.15, -0.1) is 0 Å². The molecule has 1 saturated carbocycles. The molecule has 1 heterocycles. The van der Waals surface area contributed by atoms with Crippen molar-refractivity contribution in [1.29, 1.82) is 0 Å². The van der Waals surface area contributed by atoms with Crippen molar-refractivity contribution in [2.45, 2.75) is 38.6 Å². The summed E-state index contributed by atoms with van der Waals surface area (Å²) >= 11 is 0. The predicted molar refractivity (Wildman–Crippen MR) is 91.2 cm³/mol. The fourth-order valence-corrected chi connectivity index (χ4v) is 3.26. The van der Waals surface area contributed by atoms with E-state index in [-0.39, 0.29) is 37.0 Å². The Kier molecular flexibility index (Phi) is 6.94. The zero-order chi connectivity index (χ0) is 17.5. The Bertz CT molecular complexity index is 546. The number of rotatable bonds is 4. The minimum absolute atomic E-state index is 0.101. The number of Topliss-reactive ketones (excluding diaryl/α,β-unsaturated/α-hetero) is 1. The number of carbonyl (C=O) groups excluding carboxylic acids is 2. The van der Waals surface area contributed by atoms with Gasteiger partial charge < -0.3 is 15.1 Å². The van der Waals surface area contributed by atoms with Gasteiger partial charge >= 0.3 is 0 Å². The highest BCUT2D eigenvalue weighted by molar-refractivity contribution is 5.80. The predicted octanol–water partition coefficient (Wildman–Crippen LogP) is 1.94. The van der Waals surface area contributed by atoms with Crippen molar-refractivity contribution in [1.82, 2.24) is 4.90 Å². The Balaban J connectivity index is 0.000000219. The monoisotopic (exact) mass is 333 g/mol. The van der Waals surface area contributed by atoms with E-state index in [1.54, 1.807) is 0 Å². The van der Waals surface area contributed by atoms with E-state index >= 15 is 0 Å². The van der Waals surface area contributed by atoms with Crippen LogP contribution >= 0.6 is 0 Å². The number of hydrogen-bond donors (Lipinski definition) is 2. The highest BCUT2D eigenvalue weighted by atomic mass is 16.3. The molecule has 3 atom stereocenters. The fraction of sp³-hybridized carbons (Fsp3) is 0.579. The molecule has 1 saturated heterocycles. The number of aliphatic hydroxyl groups is 2. The molecule has 2 N–H and O–H groups in total. The summed E-state index contributed by atoms with van der Waals surface area (Å²) in [6, 6.07) is 10.1. The Morgan fingerprint density at radius 1 is 1.08 bits per heavy atom. The molecule has 0 radical (unpaired) electrons. The van der Waals surface area contributed by atoms with Gasteiger partial charge in [-0.1, -0.05) is 30.3 Å². The summed E-state index contributed by atoms with van der Waals surface area (Å²) < 4.78 is 0. The zero-order valence-corrected chi connectivity index (χ0v) is 14.2. The summed E-state index contributed by atoms with van der Waals surface area (Å²) in [5, 5.41) is 17.6. The molecule has 0 aromatic heterocycles. The normalized spacial score (nSPS) is 24.7. The number of amides is 1. The molecule has 0 spiro atoms. The number of likely N-dealkylation sites (tertiary alicyclic amines) is 1. The van der Waals surface area contributed by atoms with E-state index in [9.17, 15) is 9.59 Å². The Labute approximate surface area is 143 Å². The Hall–Kier alpha value is -1.72. The quantitative estimate of drug-likeness (QED) is 0.883. The van der Waals surface area contributed by atoms with E-state index in [1.807, 2.05) is 42.2 Å². The van der Waals surface area contributed by atoms with Gasteiger partial charge in [0.05, 0.1) is 6.04 Å². The standard InChI is InChI=1S/C13H17NO2.C6H10O2/c1-10(12-5-3-2-4-6-12)14-8-11(9-15)7-13(14)16;7-4-5-1-2-6(8)3-5/h2-6,10-11,15H,7-9H2,1H3;5,7H,1-4H2/t10-,11-;5-/m10/s1. The first-order valence-electron chi connectivity index (χ1n) is 8.63. The van der Waals surface area contributed by atoms with Gasteiger partial charge in [-0.2, -0.15) is 0 Å². The van der Waals surface area contributed by atoms with Crippen LogP contribution in [0.4, 0.5) is 0 Å². The topological polar surface area (TPSA) is 77.8 Å². The van der Waals surface area contributed by atoms with Crippen LogP contribution in [0.25, 0.3) is 0 Å². The van der Waals surface area contributed by atoms with Crippen molar-refractivity contribution in [3.8, 4) is 0 Å². The number of carbonyl (C=O) groups is 2.